The molecule has 7 heteroatoms. The molecule has 1 spiro atoms. The number of carbonyl (C=O) groups excluding carboxylic acids is 1. The van der Waals surface area contributed by atoms with Crippen LogP contribution in [0.1, 0.15) is 49.6 Å². The molecule has 1 unspecified atom stereocenters. The van der Waals surface area contributed by atoms with Crippen molar-refractivity contribution in [2.75, 3.05) is 26.2 Å². The molecule has 2 aromatic heterocycles. The van der Waals surface area contributed by atoms with Crippen molar-refractivity contribution in [3.05, 3.63) is 35.7 Å². The largest absolute Gasteiger partial charge is 0.348 e. The number of amides is 1. The molecule has 1 N–H and O–H groups in total. The smallest absolute Gasteiger partial charge is 0.222 e. The maximum absolute atomic E-state index is 12.5. The van der Waals surface area contributed by atoms with Gasteiger partial charge in [-0.15, -0.1) is 0 Å². The Morgan fingerprint density at radius 2 is 2.18 bits per heavy atom. The van der Waals surface area contributed by atoms with E-state index in [0.29, 0.717) is 12.3 Å². The number of hydrogen-bond donors (Lipinski definition) is 1. The highest BCUT2D eigenvalue weighted by molar-refractivity contribution is 5.77. The third-order valence-electron chi connectivity index (χ3n) is 6.46. The van der Waals surface area contributed by atoms with Crippen LogP contribution in [0.3, 0.4) is 0 Å². The maximum Gasteiger partial charge on any atom is 0.222 e. The normalized spacial score (nSPS) is 23.6. The van der Waals surface area contributed by atoms with Gasteiger partial charge >= 0.3 is 0 Å². The van der Waals surface area contributed by atoms with E-state index in [1.807, 2.05) is 10.9 Å². The molecule has 1 atom stereocenters. The lowest BCUT2D eigenvalue weighted by molar-refractivity contribution is -0.139. The number of aromatic amines is 1. The van der Waals surface area contributed by atoms with Crippen LogP contribution in [0.4, 0.5) is 0 Å². The molecule has 0 bridgehead atoms. The summed E-state index contributed by atoms with van der Waals surface area (Å²) in [6.07, 6.45) is 10.7. The number of aromatic nitrogens is 4. The number of likely N-dealkylation sites (tertiary alicyclic amines) is 2. The van der Waals surface area contributed by atoms with E-state index in [9.17, 15) is 4.79 Å². The van der Waals surface area contributed by atoms with E-state index in [1.54, 1.807) is 6.33 Å². The fourth-order valence-corrected chi connectivity index (χ4v) is 4.88. The van der Waals surface area contributed by atoms with E-state index in [-0.39, 0.29) is 5.41 Å². The number of hydrogen-bond acceptors (Lipinski definition) is 4. The third-order valence-corrected chi connectivity index (χ3v) is 6.46. The molecule has 152 valence electrons. The molecule has 1 amide bonds. The summed E-state index contributed by atoms with van der Waals surface area (Å²) in [5.41, 5.74) is 3.82. The second kappa shape index (κ2) is 8.07. The molecule has 0 aromatic carbocycles. The lowest BCUT2D eigenvalue weighted by atomic mass is 9.73. The maximum atomic E-state index is 12.5. The average Bonchev–Trinajstić information content (AvgIpc) is 3.33. The van der Waals surface area contributed by atoms with Gasteiger partial charge in [-0.25, -0.2) is 4.98 Å². The Bertz CT molecular complexity index is 798. The standard InChI is InChI=1S/C21H32N6O/c1-3-27-13-18(17(2)24-27)12-25-9-4-7-21(14-25)8-5-20(28)26(15-21)10-6-19-11-22-16-23-19/h11,13,16H,3-10,12,14-15H2,1-2H3,(H,22,23). The third kappa shape index (κ3) is 4.14. The van der Waals surface area contributed by atoms with Crippen molar-refractivity contribution < 1.29 is 4.79 Å². The van der Waals surface area contributed by atoms with Crippen LogP contribution in [0.15, 0.2) is 18.7 Å². The van der Waals surface area contributed by atoms with Crippen molar-refractivity contribution in [1.82, 2.24) is 29.5 Å². The Morgan fingerprint density at radius 1 is 1.29 bits per heavy atom. The van der Waals surface area contributed by atoms with Crippen molar-refractivity contribution >= 4 is 5.91 Å². The van der Waals surface area contributed by atoms with Crippen molar-refractivity contribution in [3.8, 4) is 0 Å². The van der Waals surface area contributed by atoms with Gasteiger partial charge in [0, 0.05) is 74.6 Å². The summed E-state index contributed by atoms with van der Waals surface area (Å²) in [4.78, 5) is 24.4. The molecule has 2 fully saturated rings. The van der Waals surface area contributed by atoms with Crippen LogP contribution < -0.4 is 0 Å². The van der Waals surface area contributed by atoms with Crippen LogP contribution in [0, 0.1) is 12.3 Å². The first-order chi connectivity index (χ1) is 13.6. The predicted octanol–water partition coefficient (Wildman–Crippen LogP) is 2.38. The Morgan fingerprint density at radius 3 is 2.93 bits per heavy atom. The van der Waals surface area contributed by atoms with Crippen LogP contribution in [-0.2, 0) is 24.3 Å². The van der Waals surface area contributed by atoms with E-state index in [1.165, 1.54) is 18.4 Å². The van der Waals surface area contributed by atoms with Crippen molar-refractivity contribution in [3.63, 3.8) is 0 Å². The molecule has 4 rings (SSSR count). The van der Waals surface area contributed by atoms with Crippen LogP contribution in [0.2, 0.25) is 0 Å². The van der Waals surface area contributed by atoms with E-state index < -0.39 is 0 Å². The first-order valence-electron chi connectivity index (χ1n) is 10.6. The van der Waals surface area contributed by atoms with Gasteiger partial charge < -0.3 is 9.88 Å². The molecule has 2 aliphatic rings. The summed E-state index contributed by atoms with van der Waals surface area (Å²) in [6, 6.07) is 0. The van der Waals surface area contributed by atoms with Crippen molar-refractivity contribution in [2.45, 2.75) is 59.0 Å². The number of aryl methyl sites for hydroxylation is 2. The lowest BCUT2D eigenvalue weighted by Gasteiger charge is -2.48. The number of carbonyl (C=O) groups is 1. The van der Waals surface area contributed by atoms with Crippen LogP contribution in [0.25, 0.3) is 0 Å². The van der Waals surface area contributed by atoms with E-state index in [2.05, 4.69) is 44.9 Å². The summed E-state index contributed by atoms with van der Waals surface area (Å²) >= 11 is 0. The number of nitrogens with zero attached hydrogens (tertiary/aromatic N) is 5. The molecule has 0 radical (unpaired) electrons. The number of imidazole rings is 1. The van der Waals surface area contributed by atoms with Crippen LogP contribution >= 0.6 is 0 Å². The summed E-state index contributed by atoms with van der Waals surface area (Å²) in [6.45, 7) is 10.0. The first-order valence-corrected chi connectivity index (χ1v) is 10.6. The average molecular weight is 385 g/mol. The fraction of sp³-hybridized carbons (Fsp3) is 0.667. The zero-order chi connectivity index (χ0) is 19.6. The van der Waals surface area contributed by atoms with Crippen LogP contribution in [0.5, 0.6) is 0 Å². The molecule has 2 saturated heterocycles. The molecular formula is C21H32N6O. The topological polar surface area (TPSA) is 70.1 Å². The summed E-state index contributed by atoms with van der Waals surface area (Å²) < 4.78 is 2.03. The zero-order valence-electron chi connectivity index (χ0n) is 17.2. The summed E-state index contributed by atoms with van der Waals surface area (Å²) in [5.74, 6) is 0.308. The van der Waals surface area contributed by atoms with Gasteiger partial charge in [-0.1, -0.05) is 0 Å². The van der Waals surface area contributed by atoms with Gasteiger partial charge in [-0.05, 0) is 39.7 Å². The molecule has 0 saturated carbocycles. The number of H-pyrrole nitrogens is 1. The zero-order valence-corrected chi connectivity index (χ0v) is 17.2. The second-order valence-electron chi connectivity index (χ2n) is 8.55. The SMILES string of the molecule is CCn1cc(CN2CCCC3(CCC(=O)N(CCc4cnc[nH]4)C3)C2)c(C)n1. The Hall–Kier alpha value is -2.15. The minimum absolute atomic E-state index is 0.245. The Kier molecular flexibility index (Phi) is 5.53. The van der Waals surface area contributed by atoms with Gasteiger partial charge in [0.15, 0.2) is 0 Å². The molecule has 7 nitrogen and oxygen atoms in total. The predicted molar refractivity (Wildman–Crippen MR) is 108 cm³/mol. The molecule has 4 heterocycles. The van der Waals surface area contributed by atoms with E-state index >= 15 is 0 Å². The molecule has 2 aliphatic heterocycles. The molecule has 0 aliphatic carbocycles. The van der Waals surface area contributed by atoms with Gasteiger partial charge in [0.2, 0.25) is 5.91 Å². The van der Waals surface area contributed by atoms with Gasteiger partial charge in [0.25, 0.3) is 0 Å². The minimum Gasteiger partial charge on any atom is -0.348 e. The van der Waals surface area contributed by atoms with Crippen LogP contribution in [-0.4, -0.2) is 61.6 Å². The monoisotopic (exact) mass is 384 g/mol. The van der Waals surface area contributed by atoms with E-state index in [4.69, 9.17) is 0 Å². The number of nitrogens with one attached hydrogen (secondary N) is 1. The molecule has 28 heavy (non-hydrogen) atoms. The highest BCUT2D eigenvalue weighted by Gasteiger charge is 2.41. The van der Waals surface area contributed by atoms with Gasteiger partial charge in [0.1, 0.15) is 0 Å². The summed E-state index contributed by atoms with van der Waals surface area (Å²) in [7, 11) is 0. The quantitative estimate of drug-likeness (QED) is 0.830. The lowest BCUT2D eigenvalue weighted by Crippen LogP contribution is -2.54. The second-order valence-corrected chi connectivity index (χ2v) is 8.55. The fourth-order valence-electron chi connectivity index (χ4n) is 4.88. The number of piperidine rings is 2. The number of rotatable bonds is 6. The summed E-state index contributed by atoms with van der Waals surface area (Å²) in [5, 5.41) is 4.60. The molecular weight excluding hydrogens is 352 g/mol. The molecule has 2 aromatic rings. The van der Waals surface area contributed by atoms with Crippen molar-refractivity contribution in [1.29, 1.82) is 0 Å². The van der Waals surface area contributed by atoms with Gasteiger partial charge in [-0.3, -0.25) is 14.4 Å². The van der Waals surface area contributed by atoms with Gasteiger partial charge in [-0.2, -0.15) is 5.10 Å². The minimum atomic E-state index is 0.245. The van der Waals surface area contributed by atoms with E-state index in [0.717, 1.165) is 63.5 Å². The van der Waals surface area contributed by atoms with Crippen molar-refractivity contribution in [2.24, 2.45) is 5.41 Å². The Balaban J connectivity index is 1.40. The highest BCUT2D eigenvalue weighted by Crippen LogP contribution is 2.39. The highest BCUT2D eigenvalue weighted by atomic mass is 16.2. The Labute approximate surface area is 167 Å². The first kappa shape index (κ1) is 19.2. The van der Waals surface area contributed by atoms with Gasteiger partial charge in [0.05, 0.1) is 12.0 Å².